The standard InChI is InChI=1S/C22H24N2O5/c1-27-17-6-8-18(9-7-17)29-14-21(25)23-16-5-4-15-10-11-24(19(15)13-16)22(26)20-3-2-12-28-20/h4-9,13,20H,2-3,10-12,14H2,1H3,(H,23,25)/t20-/m0/s1. The molecule has 0 saturated carbocycles. The molecule has 2 aliphatic rings. The summed E-state index contributed by atoms with van der Waals surface area (Å²) in [6.07, 6.45) is 2.14. The minimum absolute atomic E-state index is 0.00701. The van der Waals surface area contributed by atoms with E-state index in [1.54, 1.807) is 36.3 Å². The molecule has 1 N–H and O–H groups in total. The molecule has 7 nitrogen and oxygen atoms in total. The van der Waals surface area contributed by atoms with Crippen molar-refractivity contribution in [2.45, 2.75) is 25.4 Å². The number of carbonyl (C=O) groups is 2. The van der Waals surface area contributed by atoms with Crippen LogP contribution in [0, 0.1) is 0 Å². The molecule has 0 radical (unpaired) electrons. The Bertz CT molecular complexity index is 891. The van der Waals surface area contributed by atoms with Crippen molar-refractivity contribution in [2.24, 2.45) is 0 Å². The zero-order chi connectivity index (χ0) is 20.2. The van der Waals surface area contributed by atoms with Crippen LogP contribution in [0.25, 0.3) is 0 Å². The van der Waals surface area contributed by atoms with Crippen molar-refractivity contribution in [1.82, 2.24) is 0 Å². The molecule has 152 valence electrons. The third-order valence-electron chi connectivity index (χ3n) is 5.17. The molecule has 7 heteroatoms. The van der Waals surface area contributed by atoms with Crippen molar-refractivity contribution in [2.75, 3.05) is 37.1 Å². The fourth-order valence-corrected chi connectivity index (χ4v) is 3.65. The lowest BCUT2D eigenvalue weighted by molar-refractivity contribution is -0.127. The molecule has 2 aromatic rings. The lowest BCUT2D eigenvalue weighted by atomic mass is 10.1. The average molecular weight is 396 g/mol. The Balaban J connectivity index is 1.37. The van der Waals surface area contributed by atoms with Crippen LogP contribution in [0.3, 0.4) is 0 Å². The van der Waals surface area contributed by atoms with E-state index in [1.807, 2.05) is 18.2 Å². The highest BCUT2D eigenvalue weighted by Crippen LogP contribution is 2.32. The van der Waals surface area contributed by atoms with Gasteiger partial charge in [-0.3, -0.25) is 9.59 Å². The van der Waals surface area contributed by atoms with Crippen LogP contribution in [0.1, 0.15) is 18.4 Å². The molecule has 0 spiro atoms. The normalized spacial score (nSPS) is 17.7. The van der Waals surface area contributed by atoms with E-state index >= 15 is 0 Å². The van der Waals surface area contributed by atoms with Crippen LogP contribution in [0.5, 0.6) is 11.5 Å². The Morgan fingerprint density at radius 3 is 2.69 bits per heavy atom. The first kappa shape index (κ1) is 19.3. The van der Waals surface area contributed by atoms with Gasteiger partial charge in [-0.05, 0) is 61.2 Å². The largest absolute Gasteiger partial charge is 0.497 e. The number of ether oxygens (including phenoxy) is 3. The molecule has 4 rings (SSSR count). The average Bonchev–Trinajstić information content (AvgIpc) is 3.42. The number of fused-ring (bicyclic) bond motifs is 1. The quantitative estimate of drug-likeness (QED) is 0.813. The molecule has 0 bridgehead atoms. The molecule has 0 aliphatic carbocycles. The Labute approximate surface area is 169 Å². The molecule has 29 heavy (non-hydrogen) atoms. The molecule has 2 aliphatic heterocycles. The molecule has 0 unspecified atom stereocenters. The summed E-state index contributed by atoms with van der Waals surface area (Å²) in [6.45, 7) is 1.18. The molecule has 1 saturated heterocycles. The SMILES string of the molecule is COc1ccc(OCC(=O)Nc2ccc3c(c2)N(C(=O)[C@@H]2CCCO2)CC3)cc1. The predicted octanol–water partition coefficient (Wildman–Crippen LogP) is 2.78. The number of benzene rings is 2. The summed E-state index contributed by atoms with van der Waals surface area (Å²) in [7, 11) is 1.59. The second-order valence-corrected chi connectivity index (χ2v) is 7.10. The summed E-state index contributed by atoms with van der Waals surface area (Å²) in [4.78, 5) is 26.8. The minimum Gasteiger partial charge on any atom is -0.497 e. The molecule has 2 aromatic carbocycles. The van der Waals surface area contributed by atoms with E-state index in [-0.39, 0.29) is 24.5 Å². The van der Waals surface area contributed by atoms with Crippen molar-refractivity contribution < 1.29 is 23.8 Å². The van der Waals surface area contributed by atoms with Crippen molar-refractivity contribution in [3.05, 3.63) is 48.0 Å². The number of amides is 2. The first-order chi connectivity index (χ1) is 14.1. The fraction of sp³-hybridized carbons (Fsp3) is 0.364. The number of methoxy groups -OCH3 is 1. The zero-order valence-corrected chi connectivity index (χ0v) is 16.3. The van der Waals surface area contributed by atoms with Crippen LogP contribution in [0.15, 0.2) is 42.5 Å². The van der Waals surface area contributed by atoms with Gasteiger partial charge in [-0.25, -0.2) is 0 Å². The van der Waals surface area contributed by atoms with Crippen LogP contribution in [0.4, 0.5) is 11.4 Å². The van der Waals surface area contributed by atoms with Gasteiger partial charge >= 0.3 is 0 Å². The molecule has 0 aromatic heterocycles. The van der Waals surface area contributed by atoms with E-state index in [4.69, 9.17) is 14.2 Å². The lowest BCUT2D eigenvalue weighted by Crippen LogP contribution is -2.37. The number of hydrogen-bond acceptors (Lipinski definition) is 5. The van der Waals surface area contributed by atoms with Crippen molar-refractivity contribution >= 4 is 23.2 Å². The van der Waals surface area contributed by atoms with Gasteiger partial charge in [-0.1, -0.05) is 6.07 Å². The number of anilines is 2. The number of nitrogens with one attached hydrogen (secondary N) is 1. The van der Waals surface area contributed by atoms with Gasteiger partial charge in [0.05, 0.1) is 7.11 Å². The smallest absolute Gasteiger partial charge is 0.262 e. The van der Waals surface area contributed by atoms with Gasteiger partial charge in [-0.2, -0.15) is 0 Å². The highest BCUT2D eigenvalue weighted by Gasteiger charge is 2.32. The fourth-order valence-electron chi connectivity index (χ4n) is 3.65. The molecular formula is C22H24N2O5. The van der Waals surface area contributed by atoms with Gasteiger partial charge in [0.25, 0.3) is 11.8 Å². The van der Waals surface area contributed by atoms with Gasteiger partial charge < -0.3 is 24.4 Å². The summed E-state index contributed by atoms with van der Waals surface area (Å²) in [5.41, 5.74) is 2.59. The van der Waals surface area contributed by atoms with Crippen molar-refractivity contribution in [1.29, 1.82) is 0 Å². The second kappa shape index (κ2) is 8.53. The molecular weight excluding hydrogens is 372 g/mol. The summed E-state index contributed by atoms with van der Waals surface area (Å²) in [5, 5.41) is 2.84. The lowest BCUT2D eigenvalue weighted by Gasteiger charge is -2.21. The predicted molar refractivity (Wildman–Crippen MR) is 109 cm³/mol. The maximum atomic E-state index is 12.7. The van der Waals surface area contributed by atoms with Gasteiger partial charge in [-0.15, -0.1) is 0 Å². The molecule has 2 amide bonds. The monoisotopic (exact) mass is 396 g/mol. The summed E-state index contributed by atoms with van der Waals surface area (Å²) in [5.74, 6) is 1.05. The summed E-state index contributed by atoms with van der Waals surface area (Å²) in [6, 6.07) is 12.7. The number of carbonyl (C=O) groups excluding carboxylic acids is 2. The maximum Gasteiger partial charge on any atom is 0.262 e. The first-order valence-corrected chi connectivity index (χ1v) is 9.76. The Hall–Kier alpha value is -3.06. The highest BCUT2D eigenvalue weighted by molar-refractivity contribution is 6.00. The van der Waals surface area contributed by atoms with E-state index < -0.39 is 0 Å². The van der Waals surface area contributed by atoms with Crippen LogP contribution >= 0.6 is 0 Å². The number of nitrogens with zero attached hydrogens (tertiary/aromatic N) is 1. The number of rotatable bonds is 6. The third kappa shape index (κ3) is 4.35. The number of hydrogen-bond donors (Lipinski definition) is 1. The van der Waals surface area contributed by atoms with Gasteiger partial charge in [0, 0.05) is 24.5 Å². The van der Waals surface area contributed by atoms with Gasteiger partial charge in [0.2, 0.25) is 0 Å². The van der Waals surface area contributed by atoms with E-state index in [2.05, 4.69) is 5.32 Å². The minimum atomic E-state index is -0.350. The third-order valence-corrected chi connectivity index (χ3v) is 5.17. The maximum absolute atomic E-state index is 12.7. The van der Waals surface area contributed by atoms with Gasteiger partial charge in [0.1, 0.15) is 17.6 Å². The molecule has 1 fully saturated rings. The van der Waals surface area contributed by atoms with Crippen LogP contribution < -0.4 is 19.7 Å². The topological polar surface area (TPSA) is 77.1 Å². The highest BCUT2D eigenvalue weighted by atomic mass is 16.5. The van der Waals surface area contributed by atoms with Crippen LogP contribution in [0.2, 0.25) is 0 Å². The zero-order valence-electron chi connectivity index (χ0n) is 16.3. The Morgan fingerprint density at radius 2 is 1.97 bits per heavy atom. The molecule has 1 atom stereocenters. The van der Waals surface area contributed by atoms with E-state index in [1.165, 1.54) is 0 Å². The van der Waals surface area contributed by atoms with Crippen LogP contribution in [-0.2, 0) is 20.7 Å². The first-order valence-electron chi connectivity index (χ1n) is 9.76. The van der Waals surface area contributed by atoms with E-state index in [0.717, 1.165) is 36.3 Å². The molecule has 2 heterocycles. The van der Waals surface area contributed by atoms with Crippen molar-refractivity contribution in [3.63, 3.8) is 0 Å². The van der Waals surface area contributed by atoms with Gasteiger partial charge in [0.15, 0.2) is 6.61 Å². The Morgan fingerprint density at radius 1 is 1.17 bits per heavy atom. The van der Waals surface area contributed by atoms with E-state index in [9.17, 15) is 9.59 Å². The second-order valence-electron chi connectivity index (χ2n) is 7.10. The summed E-state index contributed by atoms with van der Waals surface area (Å²) >= 11 is 0. The van der Waals surface area contributed by atoms with Crippen molar-refractivity contribution in [3.8, 4) is 11.5 Å². The van der Waals surface area contributed by atoms with Crippen LogP contribution in [-0.4, -0.2) is 44.8 Å². The summed E-state index contributed by atoms with van der Waals surface area (Å²) < 4.78 is 16.1. The van der Waals surface area contributed by atoms with E-state index in [0.29, 0.717) is 24.6 Å². The Kier molecular flexibility index (Phi) is 5.67.